The van der Waals surface area contributed by atoms with Gasteiger partial charge in [0.15, 0.2) is 6.73 Å². The first-order valence-corrected chi connectivity index (χ1v) is 6.26. The molecule has 0 saturated carbocycles. The number of anilines is 1. The second-order valence-electron chi connectivity index (χ2n) is 4.24. The van der Waals surface area contributed by atoms with Crippen LogP contribution in [-0.2, 0) is 0 Å². The Kier molecular flexibility index (Phi) is 3.55. The predicted octanol–water partition coefficient (Wildman–Crippen LogP) is 1.97. The zero-order valence-electron chi connectivity index (χ0n) is 11.3. The lowest BCUT2D eigenvalue weighted by Crippen LogP contribution is -2.22. The van der Waals surface area contributed by atoms with Crippen LogP contribution in [0.25, 0.3) is 5.70 Å². The van der Waals surface area contributed by atoms with Gasteiger partial charge in [0, 0.05) is 24.0 Å². The maximum Gasteiger partial charge on any atom is 0.242 e. The summed E-state index contributed by atoms with van der Waals surface area (Å²) >= 11 is 0. The molecule has 0 atom stereocenters. The fraction of sp³-hybridized carbons (Fsp3) is 0.143. The summed E-state index contributed by atoms with van der Waals surface area (Å²) in [5.41, 5.74) is 2.20. The van der Waals surface area contributed by atoms with Gasteiger partial charge < -0.3 is 20.1 Å². The molecule has 0 amide bonds. The number of hydrogen-bond donors (Lipinski definition) is 2. The van der Waals surface area contributed by atoms with Gasteiger partial charge in [0.2, 0.25) is 17.7 Å². The SMILES string of the molecule is COc1ccc2c(n1)OCN/C(c1ccc(F)nc1)=C\N2. The van der Waals surface area contributed by atoms with Gasteiger partial charge in [-0.15, -0.1) is 0 Å². The maximum absolute atomic E-state index is 12.9. The van der Waals surface area contributed by atoms with Gasteiger partial charge in [-0.05, 0) is 18.2 Å². The topological polar surface area (TPSA) is 68.3 Å². The molecule has 3 heterocycles. The summed E-state index contributed by atoms with van der Waals surface area (Å²) in [5, 5.41) is 6.16. The van der Waals surface area contributed by atoms with Crippen molar-refractivity contribution in [1.29, 1.82) is 0 Å². The number of aromatic nitrogens is 2. The minimum absolute atomic E-state index is 0.220. The van der Waals surface area contributed by atoms with E-state index >= 15 is 0 Å². The van der Waals surface area contributed by atoms with Crippen LogP contribution in [0.5, 0.6) is 11.8 Å². The number of halogens is 1. The van der Waals surface area contributed by atoms with Crippen LogP contribution in [0.2, 0.25) is 0 Å². The van der Waals surface area contributed by atoms with Crippen LogP contribution in [0.1, 0.15) is 5.56 Å². The molecule has 1 aliphatic heterocycles. The summed E-state index contributed by atoms with van der Waals surface area (Å²) in [4.78, 5) is 7.84. The quantitative estimate of drug-likeness (QED) is 0.824. The first-order valence-electron chi connectivity index (χ1n) is 6.26. The number of fused-ring (bicyclic) bond motifs is 1. The molecule has 7 heteroatoms. The molecular weight excluding hydrogens is 275 g/mol. The van der Waals surface area contributed by atoms with Crippen LogP contribution in [0.15, 0.2) is 36.7 Å². The summed E-state index contributed by atoms with van der Waals surface area (Å²) < 4.78 is 23.5. The first kappa shape index (κ1) is 13.2. The Hall–Kier alpha value is -2.83. The van der Waals surface area contributed by atoms with E-state index in [1.54, 1.807) is 25.4 Å². The Morgan fingerprint density at radius 3 is 2.95 bits per heavy atom. The molecule has 21 heavy (non-hydrogen) atoms. The van der Waals surface area contributed by atoms with Crippen LogP contribution in [0.4, 0.5) is 10.1 Å². The smallest absolute Gasteiger partial charge is 0.242 e. The highest BCUT2D eigenvalue weighted by molar-refractivity contribution is 5.68. The lowest BCUT2D eigenvalue weighted by Gasteiger charge is -2.18. The lowest BCUT2D eigenvalue weighted by atomic mass is 10.2. The molecule has 0 radical (unpaired) electrons. The van der Waals surface area contributed by atoms with Gasteiger partial charge in [-0.1, -0.05) is 0 Å². The average Bonchev–Trinajstić information content (AvgIpc) is 2.49. The Morgan fingerprint density at radius 2 is 2.19 bits per heavy atom. The number of nitrogens with one attached hydrogen (secondary N) is 2. The standard InChI is InChI=1S/C14H13FN4O2/c1-20-13-5-3-10-14(19-13)21-8-18-11(7-16-10)9-2-4-12(15)17-6-9/h2-7,16,18H,8H2,1H3/b11-7-. The average molecular weight is 288 g/mol. The van der Waals surface area contributed by atoms with Gasteiger partial charge in [-0.3, -0.25) is 0 Å². The summed E-state index contributed by atoms with van der Waals surface area (Å²) in [6, 6.07) is 6.48. The van der Waals surface area contributed by atoms with Gasteiger partial charge in [-0.2, -0.15) is 9.37 Å². The molecule has 0 unspecified atom stereocenters. The Labute approximate surface area is 120 Å². The van der Waals surface area contributed by atoms with Gasteiger partial charge in [0.1, 0.15) is 5.69 Å². The molecule has 1 aliphatic rings. The van der Waals surface area contributed by atoms with E-state index in [1.165, 1.54) is 12.3 Å². The van der Waals surface area contributed by atoms with Gasteiger partial charge in [0.25, 0.3) is 0 Å². The van der Waals surface area contributed by atoms with E-state index in [1.807, 2.05) is 6.07 Å². The van der Waals surface area contributed by atoms with Gasteiger partial charge in [0.05, 0.1) is 12.8 Å². The van der Waals surface area contributed by atoms with E-state index < -0.39 is 5.95 Å². The second kappa shape index (κ2) is 5.66. The van der Waals surface area contributed by atoms with Crippen molar-refractivity contribution < 1.29 is 13.9 Å². The number of ether oxygens (including phenoxy) is 2. The normalized spacial score (nSPS) is 16.0. The van der Waals surface area contributed by atoms with Crippen molar-refractivity contribution in [1.82, 2.24) is 15.3 Å². The molecule has 0 aromatic carbocycles. The van der Waals surface area contributed by atoms with E-state index in [2.05, 4.69) is 20.6 Å². The highest BCUT2D eigenvalue weighted by Gasteiger charge is 2.11. The number of methoxy groups -OCH3 is 1. The first-order chi connectivity index (χ1) is 10.3. The Bertz CT molecular complexity index is 673. The zero-order chi connectivity index (χ0) is 14.7. The molecule has 0 aliphatic carbocycles. The largest absolute Gasteiger partial charge is 0.481 e. The summed E-state index contributed by atoms with van der Waals surface area (Å²) in [6.07, 6.45) is 3.20. The minimum Gasteiger partial charge on any atom is -0.481 e. The van der Waals surface area contributed by atoms with E-state index in [0.29, 0.717) is 17.4 Å². The summed E-state index contributed by atoms with van der Waals surface area (Å²) in [6.45, 7) is 0.220. The number of hydrogen-bond acceptors (Lipinski definition) is 6. The highest BCUT2D eigenvalue weighted by atomic mass is 19.1. The Morgan fingerprint density at radius 1 is 1.29 bits per heavy atom. The van der Waals surface area contributed by atoms with Crippen molar-refractivity contribution in [2.45, 2.75) is 0 Å². The highest BCUT2D eigenvalue weighted by Crippen LogP contribution is 2.26. The third-order valence-electron chi connectivity index (χ3n) is 2.93. The third kappa shape index (κ3) is 2.86. The molecule has 0 fully saturated rings. The van der Waals surface area contributed by atoms with Gasteiger partial charge >= 0.3 is 0 Å². The second-order valence-corrected chi connectivity index (χ2v) is 4.24. The van der Waals surface area contributed by atoms with Crippen LogP contribution in [0.3, 0.4) is 0 Å². The molecule has 6 nitrogen and oxygen atoms in total. The monoisotopic (exact) mass is 288 g/mol. The van der Waals surface area contributed by atoms with Crippen LogP contribution in [-0.4, -0.2) is 23.8 Å². The third-order valence-corrected chi connectivity index (χ3v) is 2.93. The summed E-state index contributed by atoms with van der Waals surface area (Å²) in [5.74, 6) is 0.397. The number of nitrogens with zero attached hydrogens (tertiary/aromatic N) is 2. The molecule has 108 valence electrons. The molecule has 2 aromatic heterocycles. The summed E-state index contributed by atoms with van der Waals surface area (Å²) in [7, 11) is 1.54. The van der Waals surface area contributed by atoms with Crippen molar-refractivity contribution >= 4 is 11.4 Å². The van der Waals surface area contributed by atoms with Gasteiger partial charge in [-0.25, -0.2) is 4.98 Å². The minimum atomic E-state index is -0.518. The van der Waals surface area contributed by atoms with Crippen LogP contribution < -0.4 is 20.1 Å². The van der Waals surface area contributed by atoms with Crippen molar-refractivity contribution in [3.63, 3.8) is 0 Å². The lowest BCUT2D eigenvalue weighted by molar-refractivity contribution is 0.288. The predicted molar refractivity (Wildman–Crippen MR) is 75.2 cm³/mol. The molecule has 0 bridgehead atoms. The van der Waals surface area contributed by atoms with Crippen LogP contribution in [0, 0.1) is 5.95 Å². The molecule has 3 rings (SSSR count). The van der Waals surface area contributed by atoms with Crippen molar-refractivity contribution in [3.05, 3.63) is 48.2 Å². The van der Waals surface area contributed by atoms with E-state index in [9.17, 15) is 4.39 Å². The molecular formula is C14H13FN4O2. The molecule has 0 spiro atoms. The van der Waals surface area contributed by atoms with E-state index in [4.69, 9.17) is 9.47 Å². The van der Waals surface area contributed by atoms with Crippen molar-refractivity contribution in [2.75, 3.05) is 19.2 Å². The molecule has 0 saturated heterocycles. The maximum atomic E-state index is 12.9. The fourth-order valence-electron chi connectivity index (χ4n) is 1.86. The Balaban J connectivity index is 1.88. The van der Waals surface area contributed by atoms with Crippen LogP contribution >= 0.6 is 0 Å². The van der Waals surface area contributed by atoms with Crippen molar-refractivity contribution in [2.24, 2.45) is 0 Å². The fourth-order valence-corrected chi connectivity index (χ4v) is 1.86. The molecule has 2 N–H and O–H groups in total. The van der Waals surface area contributed by atoms with E-state index in [-0.39, 0.29) is 6.73 Å². The number of pyridine rings is 2. The molecule has 2 aromatic rings. The zero-order valence-corrected chi connectivity index (χ0v) is 11.3. The van der Waals surface area contributed by atoms with E-state index in [0.717, 1.165) is 11.3 Å². The number of rotatable bonds is 2. The van der Waals surface area contributed by atoms with Crippen molar-refractivity contribution in [3.8, 4) is 11.8 Å².